The van der Waals surface area contributed by atoms with Gasteiger partial charge < -0.3 is 10.2 Å². The quantitative estimate of drug-likeness (QED) is 0.645. The second-order valence-corrected chi connectivity index (χ2v) is 6.47. The number of anilines is 2. The van der Waals surface area contributed by atoms with Crippen molar-refractivity contribution in [2.75, 3.05) is 36.4 Å². The number of hydrogen-bond acceptors (Lipinski definition) is 5. The molecule has 3 rings (SSSR count). The van der Waals surface area contributed by atoms with Crippen LogP contribution in [-0.2, 0) is 4.79 Å². The highest BCUT2D eigenvalue weighted by molar-refractivity contribution is 5.94. The third-order valence-electron chi connectivity index (χ3n) is 4.78. The molecule has 1 N–H and O–H groups in total. The van der Waals surface area contributed by atoms with Crippen molar-refractivity contribution in [3.05, 3.63) is 64.5 Å². The molecule has 2 aromatic rings. The molecule has 1 heterocycles. The lowest BCUT2D eigenvalue weighted by Gasteiger charge is -2.38. The number of nitro groups is 1. The van der Waals surface area contributed by atoms with Crippen LogP contribution in [0.1, 0.15) is 6.92 Å². The number of halogens is 1. The maximum atomic E-state index is 13.0. The van der Waals surface area contributed by atoms with Gasteiger partial charge in [-0.3, -0.25) is 19.8 Å². The lowest BCUT2D eigenvalue weighted by molar-refractivity contribution is -0.384. The number of nitrogens with one attached hydrogen (secondary N) is 1. The van der Waals surface area contributed by atoms with E-state index in [1.165, 1.54) is 36.4 Å². The van der Waals surface area contributed by atoms with Gasteiger partial charge in [-0.2, -0.15) is 0 Å². The van der Waals surface area contributed by atoms with Crippen LogP contribution >= 0.6 is 0 Å². The van der Waals surface area contributed by atoms with Crippen molar-refractivity contribution in [1.29, 1.82) is 0 Å². The number of non-ortho nitro benzene ring substituents is 1. The number of benzene rings is 2. The van der Waals surface area contributed by atoms with Crippen molar-refractivity contribution in [2.24, 2.45) is 0 Å². The van der Waals surface area contributed by atoms with Gasteiger partial charge in [-0.15, -0.1) is 0 Å². The molecule has 1 fully saturated rings. The summed E-state index contributed by atoms with van der Waals surface area (Å²) in [4.78, 5) is 27.0. The molecule has 2 aromatic carbocycles. The van der Waals surface area contributed by atoms with Gasteiger partial charge in [0.2, 0.25) is 5.91 Å². The molecule has 1 aliphatic rings. The number of carbonyl (C=O) groups is 1. The Bertz CT molecular complexity index is 803. The molecule has 1 amide bonds. The van der Waals surface area contributed by atoms with Crippen molar-refractivity contribution in [3.63, 3.8) is 0 Å². The van der Waals surface area contributed by atoms with Crippen LogP contribution in [-0.4, -0.2) is 48.0 Å². The zero-order valence-electron chi connectivity index (χ0n) is 15.0. The van der Waals surface area contributed by atoms with Crippen molar-refractivity contribution in [2.45, 2.75) is 13.0 Å². The molecular weight excluding hydrogens is 351 g/mol. The van der Waals surface area contributed by atoms with E-state index < -0.39 is 4.92 Å². The third-order valence-corrected chi connectivity index (χ3v) is 4.78. The fraction of sp³-hybridized carbons (Fsp3) is 0.316. The third kappa shape index (κ3) is 4.59. The van der Waals surface area contributed by atoms with Crippen LogP contribution in [0.25, 0.3) is 0 Å². The summed E-state index contributed by atoms with van der Waals surface area (Å²) in [6, 6.07) is 11.9. The summed E-state index contributed by atoms with van der Waals surface area (Å²) in [5, 5.41) is 13.5. The Balaban J connectivity index is 1.53. The molecule has 0 radical (unpaired) electrons. The van der Waals surface area contributed by atoms with Crippen molar-refractivity contribution < 1.29 is 14.1 Å². The fourth-order valence-corrected chi connectivity index (χ4v) is 3.10. The van der Waals surface area contributed by atoms with Crippen LogP contribution in [0.5, 0.6) is 0 Å². The predicted molar refractivity (Wildman–Crippen MR) is 101 cm³/mol. The minimum absolute atomic E-state index is 0.0727. The number of nitro benzene ring substituents is 1. The zero-order chi connectivity index (χ0) is 19.4. The first-order valence-corrected chi connectivity index (χ1v) is 8.74. The van der Waals surface area contributed by atoms with E-state index in [9.17, 15) is 19.3 Å². The molecule has 142 valence electrons. The Morgan fingerprint density at radius 1 is 1.07 bits per heavy atom. The molecule has 0 spiro atoms. The van der Waals surface area contributed by atoms with E-state index in [1.807, 2.05) is 6.92 Å². The number of carbonyl (C=O) groups excluding carboxylic acids is 1. The standard InChI is InChI=1S/C19H21FN4O3/c1-14(19(25)21-16-4-2-15(20)3-5-16)22-10-12-23(13-11-22)17-6-8-18(9-7-17)24(26)27/h2-9,14H,10-13H2,1H3,(H,21,25)/t14-/m1/s1. The van der Waals surface area contributed by atoms with Gasteiger partial charge in [-0.05, 0) is 43.3 Å². The highest BCUT2D eigenvalue weighted by atomic mass is 19.1. The summed E-state index contributed by atoms with van der Waals surface area (Å²) in [7, 11) is 0. The summed E-state index contributed by atoms with van der Waals surface area (Å²) in [5.74, 6) is -0.478. The fourth-order valence-electron chi connectivity index (χ4n) is 3.10. The van der Waals surface area contributed by atoms with Crippen molar-refractivity contribution in [3.8, 4) is 0 Å². The molecule has 0 aromatic heterocycles. The van der Waals surface area contributed by atoms with Crippen LogP contribution in [0.4, 0.5) is 21.5 Å². The largest absolute Gasteiger partial charge is 0.369 e. The summed E-state index contributed by atoms with van der Waals surface area (Å²) < 4.78 is 13.0. The minimum atomic E-state index is -0.414. The first-order chi connectivity index (χ1) is 12.9. The lowest BCUT2D eigenvalue weighted by atomic mass is 10.2. The number of amides is 1. The van der Waals surface area contributed by atoms with E-state index in [2.05, 4.69) is 15.1 Å². The van der Waals surface area contributed by atoms with E-state index in [0.717, 1.165) is 18.8 Å². The zero-order valence-corrected chi connectivity index (χ0v) is 15.0. The van der Waals surface area contributed by atoms with Crippen LogP contribution in [0.15, 0.2) is 48.5 Å². The molecule has 0 aliphatic carbocycles. The molecule has 0 unspecified atom stereocenters. The first kappa shape index (κ1) is 18.8. The number of rotatable bonds is 5. The highest BCUT2D eigenvalue weighted by Crippen LogP contribution is 2.21. The Morgan fingerprint density at radius 3 is 2.22 bits per heavy atom. The van der Waals surface area contributed by atoms with Crippen LogP contribution < -0.4 is 10.2 Å². The van der Waals surface area contributed by atoms with Gasteiger partial charge in [0, 0.05) is 49.7 Å². The van der Waals surface area contributed by atoms with E-state index in [1.54, 1.807) is 12.1 Å². The van der Waals surface area contributed by atoms with Gasteiger partial charge in [0.1, 0.15) is 5.82 Å². The molecular formula is C19H21FN4O3. The Hall–Kier alpha value is -3.00. The van der Waals surface area contributed by atoms with Gasteiger partial charge >= 0.3 is 0 Å². The van der Waals surface area contributed by atoms with Gasteiger partial charge in [0.25, 0.3) is 5.69 Å². The monoisotopic (exact) mass is 372 g/mol. The highest BCUT2D eigenvalue weighted by Gasteiger charge is 2.26. The Kier molecular flexibility index (Phi) is 5.66. The predicted octanol–water partition coefficient (Wildman–Crippen LogP) is 2.88. The smallest absolute Gasteiger partial charge is 0.269 e. The molecule has 7 nitrogen and oxygen atoms in total. The molecule has 1 saturated heterocycles. The Labute approximate surface area is 156 Å². The molecule has 8 heteroatoms. The van der Waals surface area contributed by atoms with Gasteiger partial charge in [0.05, 0.1) is 11.0 Å². The molecule has 1 aliphatic heterocycles. The number of nitrogens with zero attached hydrogens (tertiary/aromatic N) is 3. The normalized spacial score (nSPS) is 16.0. The molecule has 0 saturated carbocycles. The average molecular weight is 372 g/mol. The summed E-state index contributed by atoms with van der Waals surface area (Å²) in [6.45, 7) is 4.71. The number of piperazine rings is 1. The van der Waals surface area contributed by atoms with Crippen LogP contribution in [0.3, 0.4) is 0 Å². The minimum Gasteiger partial charge on any atom is -0.369 e. The Morgan fingerprint density at radius 2 is 1.67 bits per heavy atom. The second kappa shape index (κ2) is 8.13. The molecule has 27 heavy (non-hydrogen) atoms. The van der Waals surface area contributed by atoms with Gasteiger partial charge in [-0.25, -0.2) is 4.39 Å². The second-order valence-electron chi connectivity index (χ2n) is 6.47. The first-order valence-electron chi connectivity index (χ1n) is 8.74. The average Bonchev–Trinajstić information content (AvgIpc) is 2.69. The lowest BCUT2D eigenvalue weighted by Crippen LogP contribution is -2.52. The number of hydrogen-bond donors (Lipinski definition) is 1. The summed E-state index contributed by atoms with van der Waals surface area (Å²) in [5.41, 5.74) is 1.57. The van der Waals surface area contributed by atoms with Crippen LogP contribution in [0, 0.1) is 15.9 Å². The maximum Gasteiger partial charge on any atom is 0.269 e. The van der Waals surface area contributed by atoms with E-state index in [0.29, 0.717) is 18.8 Å². The summed E-state index contributed by atoms with van der Waals surface area (Å²) in [6.07, 6.45) is 0. The van der Waals surface area contributed by atoms with E-state index >= 15 is 0 Å². The SMILES string of the molecule is C[C@H](C(=O)Nc1ccc(F)cc1)N1CCN(c2ccc([N+](=O)[O-])cc2)CC1. The van der Waals surface area contributed by atoms with Gasteiger partial charge in [0.15, 0.2) is 0 Å². The summed E-state index contributed by atoms with van der Waals surface area (Å²) >= 11 is 0. The van der Waals surface area contributed by atoms with E-state index in [-0.39, 0.29) is 23.5 Å². The maximum absolute atomic E-state index is 13.0. The van der Waals surface area contributed by atoms with Crippen molar-refractivity contribution >= 4 is 23.0 Å². The molecule has 1 atom stereocenters. The topological polar surface area (TPSA) is 78.7 Å². The van der Waals surface area contributed by atoms with Crippen molar-refractivity contribution in [1.82, 2.24) is 4.90 Å². The van der Waals surface area contributed by atoms with Crippen LogP contribution in [0.2, 0.25) is 0 Å². The molecule has 0 bridgehead atoms. The van der Waals surface area contributed by atoms with Gasteiger partial charge in [-0.1, -0.05) is 0 Å². The van der Waals surface area contributed by atoms with E-state index in [4.69, 9.17) is 0 Å².